The molecule has 1 saturated heterocycles. The molecule has 0 bridgehead atoms. The SMILES string of the molecule is CC(C)n1c(N2C[C@@H](C)O[C@@H](C)C2)n[nH]c1=S. The summed E-state index contributed by atoms with van der Waals surface area (Å²) in [6.45, 7) is 10.1. The van der Waals surface area contributed by atoms with E-state index in [2.05, 4.69) is 47.4 Å². The number of anilines is 1. The van der Waals surface area contributed by atoms with Crippen molar-refractivity contribution < 1.29 is 4.74 Å². The van der Waals surface area contributed by atoms with Gasteiger partial charge in [0.2, 0.25) is 5.95 Å². The van der Waals surface area contributed by atoms with Crippen molar-refractivity contribution in [2.75, 3.05) is 18.0 Å². The number of aromatic amines is 1. The molecule has 0 aromatic carbocycles. The molecule has 1 aliphatic rings. The lowest BCUT2D eigenvalue weighted by atomic mass is 10.2. The van der Waals surface area contributed by atoms with E-state index < -0.39 is 0 Å². The second-order valence-electron chi connectivity index (χ2n) is 4.95. The Bertz CT molecular complexity index is 429. The third-order valence-electron chi connectivity index (χ3n) is 2.90. The van der Waals surface area contributed by atoms with Crippen molar-refractivity contribution in [3.63, 3.8) is 0 Å². The van der Waals surface area contributed by atoms with Crippen LogP contribution >= 0.6 is 12.2 Å². The van der Waals surface area contributed by atoms with Gasteiger partial charge in [-0.25, -0.2) is 5.10 Å². The van der Waals surface area contributed by atoms with E-state index >= 15 is 0 Å². The average molecular weight is 256 g/mol. The van der Waals surface area contributed by atoms with Gasteiger partial charge in [-0.15, -0.1) is 5.10 Å². The van der Waals surface area contributed by atoms with Crippen molar-refractivity contribution in [2.45, 2.75) is 45.9 Å². The van der Waals surface area contributed by atoms with Gasteiger partial charge >= 0.3 is 0 Å². The van der Waals surface area contributed by atoms with Crippen LogP contribution < -0.4 is 4.90 Å². The fourth-order valence-corrected chi connectivity index (χ4v) is 2.66. The van der Waals surface area contributed by atoms with Crippen molar-refractivity contribution in [3.05, 3.63) is 4.77 Å². The quantitative estimate of drug-likeness (QED) is 0.823. The molecule has 2 rings (SSSR count). The molecule has 0 aliphatic carbocycles. The lowest BCUT2D eigenvalue weighted by Crippen LogP contribution is -2.46. The fourth-order valence-electron chi connectivity index (χ4n) is 2.33. The Morgan fingerprint density at radius 2 is 1.94 bits per heavy atom. The molecule has 1 fully saturated rings. The second kappa shape index (κ2) is 4.78. The minimum absolute atomic E-state index is 0.227. The Morgan fingerprint density at radius 1 is 1.35 bits per heavy atom. The van der Waals surface area contributed by atoms with Crippen LogP contribution in [-0.4, -0.2) is 40.1 Å². The molecule has 1 N–H and O–H groups in total. The first-order chi connectivity index (χ1) is 7.99. The van der Waals surface area contributed by atoms with Gasteiger partial charge in [-0.3, -0.25) is 4.57 Å². The van der Waals surface area contributed by atoms with Crippen LogP contribution in [0.15, 0.2) is 0 Å². The minimum atomic E-state index is 0.227. The van der Waals surface area contributed by atoms with Crippen LogP contribution in [0.5, 0.6) is 0 Å². The summed E-state index contributed by atoms with van der Waals surface area (Å²) in [4.78, 5) is 2.24. The third kappa shape index (κ3) is 2.52. The zero-order valence-electron chi connectivity index (χ0n) is 10.8. The van der Waals surface area contributed by atoms with Crippen molar-refractivity contribution in [1.82, 2.24) is 14.8 Å². The number of rotatable bonds is 2. The molecule has 1 aromatic rings. The van der Waals surface area contributed by atoms with Gasteiger partial charge in [-0.1, -0.05) is 0 Å². The molecule has 1 aromatic heterocycles. The van der Waals surface area contributed by atoms with Gasteiger partial charge in [0.15, 0.2) is 4.77 Å². The van der Waals surface area contributed by atoms with Crippen LogP contribution in [-0.2, 0) is 4.74 Å². The molecule has 0 unspecified atom stereocenters. The summed E-state index contributed by atoms with van der Waals surface area (Å²) in [5.74, 6) is 0.923. The number of morpholine rings is 1. The zero-order chi connectivity index (χ0) is 12.6. The van der Waals surface area contributed by atoms with Crippen LogP contribution in [0, 0.1) is 4.77 Å². The third-order valence-corrected chi connectivity index (χ3v) is 3.19. The molecule has 5 nitrogen and oxygen atoms in total. The topological polar surface area (TPSA) is 46.1 Å². The van der Waals surface area contributed by atoms with E-state index in [1.165, 1.54) is 0 Å². The van der Waals surface area contributed by atoms with Gasteiger partial charge in [0.05, 0.1) is 12.2 Å². The first-order valence-corrected chi connectivity index (χ1v) is 6.47. The number of aromatic nitrogens is 3. The highest BCUT2D eigenvalue weighted by molar-refractivity contribution is 7.71. The van der Waals surface area contributed by atoms with Crippen LogP contribution in [0.1, 0.15) is 33.7 Å². The number of H-pyrrole nitrogens is 1. The van der Waals surface area contributed by atoms with Gasteiger partial charge in [-0.05, 0) is 39.9 Å². The monoisotopic (exact) mass is 256 g/mol. The standard InChI is InChI=1S/C11H20N4OS/c1-7(2)15-10(12-13-11(15)17)14-5-8(3)16-9(4)6-14/h7-9H,5-6H2,1-4H3,(H,13,17)/t8-,9+. The molecule has 17 heavy (non-hydrogen) atoms. The fraction of sp³-hybridized carbons (Fsp3) is 0.818. The molecule has 2 atom stereocenters. The summed E-state index contributed by atoms with van der Waals surface area (Å²) in [6.07, 6.45) is 0.453. The molecular weight excluding hydrogens is 236 g/mol. The highest BCUT2D eigenvalue weighted by Gasteiger charge is 2.26. The second-order valence-corrected chi connectivity index (χ2v) is 5.34. The highest BCUT2D eigenvalue weighted by atomic mass is 32.1. The first kappa shape index (κ1) is 12.6. The maximum atomic E-state index is 5.73. The summed E-state index contributed by atoms with van der Waals surface area (Å²) in [6, 6.07) is 0.310. The van der Waals surface area contributed by atoms with Gasteiger partial charge in [0.25, 0.3) is 0 Å². The molecule has 0 amide bonds. The number of ether oxygens (including phenoxy) is 1. The van der Waals surface area contributed by atoms with Gasteiger partial charge in [0, 0.05) is 19.1 Å². The lowest BCUT2D eigenvalue weighted by molar-refractivity contribution is -0.00597. The van der Waals surface area contributed by atoms with Crippen molar-refractivity contribution in [3.8, 4) is 0 Å². The Balaban J connectivity index is 2.30. The van der Waals surface area contributed by atoms with E-state index in [1.54, 1.807) is 0 Å². The maximum absolute atomic E-state index is 5.73. The average Bonchev–Trinajstić information content (AvgIpc) is 2.58. The predicted octanol–water partition coefficient (Wildman–Crippen LogP) is 2.14. The van der Waals surface area contributed by atoms with E-state index in [1.807, 2.05) is 0 Å². The molecule has 96 valence electrons. The number of hydrogen-bond acceptors (Lipinski definition) is 4. The van der Waals surface area contributed by atoms with Crippen molar-refractivity contribution in [1.29, 1.82) is 0 Å². The summed E-state index contributed by atoms with van der Waals surface area (Å²) in [5, 5.41) is 7.22. The lowest BCUT2D eigenvalue weighted by Gasteiger charge is -2.36. The predicted molar refractivity (Wildman–Crippen MR) is 70.0 cm³/mol. The van der Waals surface area contributed by atoms with Crippen LogP contribution in [0.4, 0.5) is 5.95 Å². The number of hydrogen-bond donors (Lipinski definition) is 1. The molecule has 0 radical (unpaired) electrons. The summed E-state index contributed by atoms with van der Waals surface area (Å²) >= 11 is 5.26. The van der Waals surface area contributed by atoms with E-state index in [-0.39, 0.29) is 12.2 Å². The number of nitrogens with zero attached hydrogens (tertiary/aromatic N) is 3. The Morgan fingerprint density at radius 3 is 2.47 bits per heavy atom. The van der Waals surface area contributed by atoms with E-state index in [9.17, 15) is 0 Å². The van der Waals surface area contributed by atoms with Crippen LogP contribution in [0.25, 0.3) is 0 Å². The smallest absolute Gasteiger partial charge is 0.226 e. The van der Waals surface area contributed by atoms with Crippen molar-refractivity contribution in [2.24, 2.45) is 0 Å². The van der Waals surface area contributed by atoms with Gasteiger partial charge in [0.1, 0.15) is 0 Å². The highest BCUT2D eigenvalue weighted by Crippen LogP contribution is 2.21. The molecule has 0 saturated carbocycles. The van der Waals surface area contributed by atoms with Gasteiger partial charge < -0.3 is 9.64 Å². The van der Waals surface area contributed by atoms with Crippen molar-refractivity contribution >= 4 is 18.2 Å². The molecular formula is C11H20N4OS. The van der Waals surface area contributed by atoms with Crippen LogP contribution in [0.2, 0.25) is 0 Å². The Labute approximate surface area is 107 Å². The number of nitrogens with one attached hydrogen (secondary N) is 1. The summed E-state index contributed by atoms with van der Waals surface area (Å²) < 4.78 is 8.47. The summed E-state index contributed by atoms with van der Waals surface area (Å²) in [5.41, 5.74) is 0. The summed E-state index contributed by atoms with van der Waals surface area (Å²) in [7, 11) is 0. The molecule has 6 heteroatoms. The Hall–Kier alpha value is -0.880. The van der Waals surface area contributed by atoms with E-state index in [4.69, 9.17) is 17.0 Å². The van der Waals surface area contributed by atoms with E-state index in [0.29, 0.717) is 10.8 Å². The van der Waals surface area contributed by atoms with Crippen LogP contribution in [0.3, 0.4) is 0 Å². The normalized spacial score (nSPS) is 25.6. The van der Waals surface area contributed by atoms with Gasteiger partial charge in [-0.2, -0.15) is 0 Å². The largest absolute Gasteiger partial charge is 0.372 e. The molecule has 2 heterocycles. The maximum Gasteiger partial charge on any atom is 0.226 e. The van der Waals surface area contributed by atoms with E-state index in [0.717, 1.165) is 19.0 Å². The molecule has 1 aliphatic heterocycles. The zero-order valence-corrected chi connectivity index (χ0v) is 11.6. The first-order valence-electron chi connectivity index (χ1n) is 6.06. The Kier molecular flexibility index (Phi) is 3.53. The molecule has 0 spiro atoms. The minimum Gasteiger partial charge on any atom is -0.372 e.